The fourth-order valence-corrected chi connectivity index (χ4v) is 8.08. The van der Waals surface area contributed by atoms with Crippen LogP contribution in [0.3, 0.4) is 0 Å². The molecule has 6 rings (SSSR count). The third-order valence-electron chi connectivity index (χ3n) is 9.47. The van der Waals surface area contributed by atoms with Crippen molar-refractivity contribution in [3.05, 3.63) is 48.0 Å². The molecular weight excluding hydrogens is 394 g/mol. The first-order valence-corrected chi connectivity index (χ1v) is 11.3. The van der Waals surface area contributed by atoms with E-state index in [1.807, 2.05) is 13.0 Å². The average molecular weight is 424 g/mol. The second-order valence-electron chi connectivity index (χ2n) is 10.8. The van der Waals surface area contributed by atoms with Crippen LogP contribution in [0.5, 0.6) is 0 Å². The van der Waals surface area contributed by atoms with E-state index in [-0.39, 0.29) is 36.0 Å². The van der Waals surface area contributed by atoms with Crippen molar-refractivity contribution in [1.82, 2.24) is 5.32 Å². The Kier molecular flexibility index (Phi) is 3.77. The van der Waals surface area contributed by atoms with Crippen LogP contribution < -0.4 is 5.32 Å². The molecule has 1 heterocycles. The summed E-state index contributed by atoms with van der Waals surface area (Å²) in [5, 5.41) is 25.4. The van der Waals surface area contributed by atoms with E-state index in [0.29, 0.717) is 31.4 Å². The number of hydrogen-bond donors (Lipinski definition) is 3. The zero-order valence-corrected chi connectivity index (χ0v) is 17.8. The lowest BCUT2D eigenvalue weighted by Crippen LogP contribution is -2.51. The number of Topliss-reactive ketones (excluding diaryl/α,β-unsaturated/α-hetero) is 1. The smallest absolute Gasteiger partial charge is 0.224 e. The normalized spacial score (nSPS) is 47.2. The van der Waals surface area contributed by atoms with Crippen LogP contribution in [0.15, 0.2) is 46.6 Å². The van der Waals surface area contributed by atoms with Gasteiger partial charge in [-0.1, -0.05) is 18.2 Å². The third-order valence-corrected chi connectivity index (χ3v) is 9.47. The van der Waals surface area contributed by atoms with Crippen molar-refractivity contribution in [2.24, 2.45) is 34.5 Å². The summed E-state index contributed by atoms with van der Waals surface area (Å²) in [6.45, 7) is 6.31. The SMILES string of the molecule is C=C1C[C@]23C[C@@]1(O)CC[C@H]2C1=C[C@H]2CC(=O)[C@@](C)(C1[C@@H]3C(=O)NCc1ccco1)[C@H]2O. The second kappa shape index (κ2) is 5.99. The van der Waals surface area contributed by atoms with Gasteiger partial charge in [-0.15, -0.1) is 0 Å². The first-order valence-electron chi connectivity index (χ1n) is 11.3. The molecule has 5 aliphatic carbocycles. The minimum absolute atomic E-state index is 0.0483. The molecule has 1 spiro atoms. The maximum absolute atomic E-state index is 13.8. The molecular formula is C25H29NO5. The fraction of sp³-hybridized carbons (Fsp3) is 0.600. The van der Waals surface area contributed by atoms with Crippen LogP contribution in [0.2, 0.25) is 0 Å². The highest BCUT2D eigenvalue weighted by atomic mass is 16.3. The van der Waals surface area contributed by atoms with Gasteiger partial charge in [-0.2, -0.15) is 0 Å². The second-order valence-corrected chi connectivity index (χ2v) is 10.8. The van der Waals surface area contributed by atoms with Crippen LogP contribution in [0.4, 0.5) is 0 Å². The van der Waals surface area contributed by atoms with E-state index in [9.17, 15) is 19.8 Å². The number of nitrogens with one attached hydrogen (secondary N) is 1. The molecule has 1 aromatic rings. The number of carbonyl (C=O) groups excluding carboxylic acids is 2. The number of carbonyl (C=O) groups is 2. The molecule has 4 bridgehead atoms. The molecule has 0 aromatic carbocycles. The van der Waals surface area contributed by atoms with E-state index in [1.54, 1.807) is 12.3 Å². The van der Waals surface area contributed by atoms with Crippen LogP contribution in [0.1, 0.15) is 44.8 Å². The fourth-order valence-electron chi connectivity index (χ4n) is 8.08. The van der Waals surface area contributed by atoms with Crippen LogP contribution in [0, 0.1) is 34.5 Å². The maximum Gasteiger partial charge on any atom is 0.224 e. The average Bonchev–Trinajstić information content (AvgIpc) is 3.41. The molecule has 31 heavy (non-hydrogen) atoms. The van der Waals surface area contributed by atoms with E-state index in [1.165, 1.54) is 5.57 Å². The van der Waals surface area contributed by atoms with Crippen molar-refractivity contribution in [2.45, 2.75) is 57.3 Å². The number of hydrogen-bond acceptors (Lipinski definition) is 5. The van der Waals surface area contributed by atoms with Gasteiger partial charge in [0, 0.05) is 18.3 Å². The van der Waals surface area contributed by atoms with E-state index >= 15 is 0 Å². The quantitative estimate of drug-likeness (QED) is 0.649. The lowest BCUT2D eigenvalue weighted by molar-refractivity contribution is -0.141. The van der Waals surface area contributed by atoms with E-state index < -0.39 is 28.5 Å². The summed E-state index contributed by atoms with van der Waals surface area (Å²) in [5.41, 5.74) is -0.386. The van der Waals surface area contributed by atoms with Gasteiger partial charge in [0.05, 0.1) is 35.8 Å². The first-order chi connectivity index (χ1) is 14.7. The van der Waals surface area contributed by atoms with Gasteiger partial charge in [0.2, 0.25) is 5.91 Å². The van der Waals surface area contributed by atoms with Crippen molar-refractivity contribution in [3.63, 3.8) is 0 Å². The van der Waals surface area contributed by atoms with Gasteiger partial charge in [0.25, 0.3) is 0 Å². The minimum atomic E-state index is -0.963. The lowest BCUT2D eigenvalue weighted by atomic mass is 9.60. The van der Waals surface area contributed by atoms with Gasteiger partial charge in [-0.05, 0) is 61.6 Å². The Labute approximate surface area is 181 Å². The highest BCUT2D eigenvalue weighted by molar-refractivity contribution is 5.92. The lowest BCUT2D eigenvalue weighted by Gasteiger charge is -2.43. The standard InChI is InChI=1S/C25H29NO5/c1-13-10-24-12-25(13,30)6-5-17(24)16-8-14-9-18(27)23(2,21(14)28)19(16)20(24)22(29)26-11-15-4-3-7-31-15/h3-4,7-8,14,17,19-21,28,30H,1,5-6,9-12H2,2H3,(H,26,29)/t14-,17-,19?,20+,21-,23-,24-,25-/m0/s1. The molecule has 5 aliphatic rings. The topological polar surface area (TPSA) is 99.8 Å². The Hall–Kier alpha value is -2.18. The molecule has 164 valence electrons. The van der Waals surface area contributed by atoms with Crippen LogP contribution in [-0.2, 0) is 16.1 Å². The van der Waals surface area contributed by atoms with Crippen LogP contribution in [0.25, 0.3) is 0 Å². The number of allylic oxidation sites excluding steroid dienone is 1. The molecule has 4 saturated carbocycles. The number of ketones is 1. The van der Waals surface area contributed by atoms with E-state index in [0.717, 1.165) is 12.0 Å². The Morgan fingerprint density at radius 1 is 1.42 bits per heavy atom. The predicted octanol–water partition coefficient (Wildman–Crippen LogP) is 2.52. The van der Waals surface area contributed by atoms with Crippen LogP contribution >= 0.6 is 0 Å². The largest absolute Gasteiger partial charge is 0.467 e. The van der Waals surface area contributed by atoms with E-state index in [4.69, 9.17) is 4.42 Å². The molecule has 8 atom stereocenters. The molecule has 0 radical (unpaired) electrons. The van der Waals surface area contributed by atoms with Gasteiger partial charge in [-0.25, -0.2) is 0 Å². The predicted molar refractivity (Wildman–Crippen MR) is 111 cm³/mol. The zero-order chi connectivity index (χ0) is 21.8. The molecule has 1 amide bonds. The van der Waals surface area contributed by atoms with Crippen molar-refractivity contribution in [1.29, 1.82) is 0 Å². The summed E-state index contributed by atoms with van der Waals surface area (Å²) in [6, 6.07) is 3.60. The summed E-state index contributed by atoms with van der Waals surface area (Å²) < 4.78 is 5.38. The highest BCUT2D eigenvalue weighted by Crippen LogP contribution is 2.74. The monoisotopic (exact) mass is 423 g/mol. The van der Waals surface area contributed by atoms with Gasteiger partial charge in [0.1, 0.15) is 11.5 Å². The first kappa shape index (κ1) is 19.5. The molecule has 6 heteroatoms. The summed E-state index contributed by atoms with van der Waals surface area (Å²) >= 11 is 0. The number of aliphatic hydroxyl groups is 2. The molecule has 6 nitrogen and oxygen atoms in total. The van der Waals surface area contributed by atoms with Crippen molar-refractivity contribution < 1.29 is 24.2 Å². The van der Waals surface area contributed by atoms with Gasteiger partial charge >= 0.3 is 0 Å². The Morgan fingerprint density at radius 2 is 2.23 bits per heavy atom. The number of rotatable bonds is 3. The summed E-state index contributed by atoms with van der Waals surface area (Å²) in [6.07, 6.45) is 5.77. The summed E-state index contributed by atoms with van der Waals surface area (Å²) in [5.74, 6) is -0.282. The molecule has 1 aromatic heterocycles. The third kappa shape index (κ3) is 2.25. The minimum Gasteiger partial charge on any atom is -0.467 e. The van der Waals surface area contributed by atoms with E-state index in [2.05, 4.69) is 18.0 Å². The summed E-state index contributed by atoms with van der Waals surface area (Å²) in [4.78, 5) is 27.0. The van der Waals surface area contributed by atoms with Crippen molar-refractivity contribution >= 4 is 11.7 Å². The maximum atomic E-state index is 13.8. The Balaban J connectivity index is 1.47. The molecule has 1 unspecified atom stereocenters. The molecule has 3 N–H and O–H groups in total. The number of aliphatic hydroxyl groups excluding tert-OH is 1. The highest BCUT2D eigenvalue weighted by Gasteiger charge is 2.74. The van der Waals surface area contributed by atoms with Gasteiger partial charge in [0.15, 0.2) is 0 Å². The summed E-state index contributed by atoms with van der Waals surface area (Å²) in [7, 11) is 0. The number of fused-ring (bicyclic) bond motifs is 6. The van der Waals surface area contributed by atoms with Crippen molar-refractivity contribution in [2.75, 3.05) is 0 Å². The molecule has 0 saturated heterocycles. The molecule has 4 fully saturated rings. The Bertz CT molecular complexity index is 1030. The zero-order valence-electron chi connectivity index (χ0n) is 17.8. The molecule has 0 aliphatic heterocycles. The van der Waals surface area contributed by atoms with Gasteiger partial charge in [-0.3, -0.25) is 9.59 Å². The van der Waals surface area contributed by atoms with Crippen molar-refractivity contribution in [3.8, 4) is 0 Å². The van der Waals surface area contributed by atoms with Crippen LogP contribution in [-0.4, -0.2) is 33.6 Å². The number of amides is 1. The van der Waals surface area contributed by atoms with Gasteiger partial charge < -0.3 is 19.9 Å². The number of furan rings is 1. The Morgan fingerprint density at radius 3 is 2.97 bits per heavy atom.